The third-order valence-corrected chi connectivity index (χ3v) is 7.55. The number of nitriles is 1. The molecule has 2 aromatic rings. The normalized spacial score (nSPS) is 15.5. The first-order valence-corrected chi connectivity index (χ1v) is 12.5. The monoisotopic (exact) mass is 479 g/mol. The summed E-state index contributed by atoms with van der Waals surface area (Å²) in [5, 5.41) is 13.5. The number of nitrogens with one attached hydrogen (secondary N) is 1. The molecule has 34 heavy (non-hydrogen) atoms. The highest BCUT2D eigenvalue weighted by Gasteiger charge is 2.25. The predicted molar refractivity (Wildman–Crippen MR) is 134 cm³/mol. The number of carbonyl (C=O) groups is 1. The number of anilines is 1. The zero-order chi connectivity index (χ0) is 24.7. The molecule has 0 bridgehead atoms. The van der Waals surface area contributed by atoms with Crippen molar-refractivity contribution in [3.8, 4) is 6.07 Å². The molecular formula is C25H29N5O3S. The summed E-state index contributed by atoms with van der Waals surface area (Å²) in [4.78, 5) is 14.6. The van der Waals surface area contributed by atoms with Crippen molar-refractivity contribution in [1.82, 2.24) is 9.73 Å². The molecule has 1 N–H and O–H groups in total. The Morgan fingerprint density at radius 2 is 1.68 bits per heavy atom. The Morgan fingerprint density at radius 1 is 1.06 bits per heavy atom. The third kappa shape index (κ3) is 6.10. The second-order valence-electron chi connectivity index (χ2n) is 8.28. The van der Waals surface area contributed by atoms with Crippen LogP contribution >= 0.6 is 0 Å². The van der Waals surface area contributed by atoms with Crippen molar-refractivity contribution in [3.63, 3.8) is 0 Å². The lowest BCUT2D eigenvalue weighted by Gasteiger charge is -2.25. The number of rotatable bonds is 7. The molecule has 178 valence electrons. The molecule has 0 aliphatic carbocycles. The van der Waals surface area contributed by atoms with E-state index in [1.807, 2.05) is 49.3 Å². The van der Waals surface area contributed by atoms with Crippen molar-refractivity contribution in [3.05, 3.63) is 65.2 Å². The van der Waals surface area contributed by atoms with E-state index in [0.29, 0.717) is 24.4 Å². The topological polar surface area (TPSA) is 106 Å². The highest BCUT2D eigenvalue weighted by molar-refractivity contribution is 7.89. The molecule has 0 unspecified atom stereocenters. The molecule has 1 heterocycles. The van der Waals surface area contributed by atoms with E-state index in [4.69, 9.17) is 0 Å². The molecule has 9 heteroatoms. The number of hydrazone groups is 1. The number of piperidine rings is 1. The first-order valence-electron chi connectivity index (χ1n) is 11.1. The van der Waals surface area contributed by atoms with Crippen molar-refractivity contribution in [2.24, 2.45) is 5.10 Å². The van der Waals surface area contributed by atoms with Crippen LogP contribution in [0.2, 0.25) is 0 Å². The van der Waals surface area contributed by atoms with Crippen LogP contribution in [-0.4, -0.2) is 51.5 Å². The number of amides is 1. The summed E-state index contributed by atoms with van der Waals surface area (Å²) in [5.74, 6) is -0.622. The Morgan fingerprint density at radius 3 is 2.24 bits per heavy atom. The van der Waals surface area contributed by atoms with Gasteiger partial charge in [-0.1, -0.05) is 30.7 Å². The fourth-order valence-electron chi connectivity index (χ4n) is 3.57. The summed E-state index contributed by atoms with van der Waals surface area (Å²) < 4.78 is 27.1. The van der Waals surface area contributed by atoms with Gasteiger partial charge in [-0.15, -0.1) is 0 Å². The van der Waals surface area contributed by atoms with Gasteiger partial charge in [-0.25, -0.2) is 13.8 Å². The van der Waals surface area contributed by atoms with Gasteiger partial charge < -0.3 is 4.90 Å². The van der Waals surface area contributed by atoms with E-state index in [-0.39, 0.29) is 10.5 Å². The van der Waals surface area contributed by atoms with Crippen LogP contribution in [0.1, 0.15) is 37.3 Å². The van der Waals surface area contributed by atoms with Crippen molar-refractivity contribution >= 4 is 33.4 Å². The summed E-state index contributed by atoms with van der Waals surface area (Å²) in [6.07, 6.45) is 4.31. The molecule has 0 spiro atoms. The Balaban J connectivity index is 1.68. The maximum atomic E-state index is 12.8. The minimum absolute atomic E-state index is 0.0721. The predicted octanol–water partition coefficient (Wildman–Crippen LogP) is 3.37. The highest BCUT2D eigenvalue weighted by Crippen LogP contribution is 2.21. The summed E-state index contributed by atoms with van der Waals surface area (Å²) in [7, 11) is 0.357. The quantitative estimate of drug-likeness (QED) is 0.284. The van der Waals surface area contributed by atoms with Gasteiger partial charge in [0.25, 0.3) is 5.91 Å². The van der Waals surface area contributed by atoms with Gasteiger partial charge in [0, 0.05) is 32.9 Å². The Bertz CT molecular complexity index is 1220. The summed E-state index contributed by atoms with van der Waals surface area (Å²) in [6, 6.07) is 15.8. The molecular weight excluding hydrogens is 450 g/mol. The molecule has 0 aromatic heterocycles. The minimum atomic E-state index is -3.50. The van der Waals surface area contributed by atoms with Crippen LogP contribution in [0, 0.1) is 11.3 Å². The number of hydrogen-bond acceptors (Lipinski definition) is 6. The van der Waals surface area contributed by atoms with E-state index in [0.717, 1.165) is 30.5 Å². The first kappa shape index (κ1) is 25.1. The standard InChI is InChI=1S/C25H29N5O3S/c1-19(21-9-13-24(14-10-21)34(32,33)30-15-5-4-6-16-30)27-28-25(31)22(18-26)17-20-7-11-23(12-8-20)29(2)3/h7-14,17H,4-6,15-16H2,1-3H3,(H,28,31)/b22-17+,27-19+. The van der Waals surface area contributed by atoms with Crippen LogP contribution in [0.4, 0.5) is 5.69 Å². The lowest BCUT2D eigenvalue weighted by molar-refractivity contribution is -0.117. The number of sulfonamides is 1. The third-order valence-electron chi connectivity index (χ3n) is 5.64. The minimum Gasteiger partial charge on any atom is -0.378 e. The van der Waals surface area contributed by atoms with Crippen LogP contribution in [0.15, 0.2) is 64.1 Å². The molecule has 0 saturated carbocycles. The van der Waals surface area contributed by atoms with Crippen LogP contribution in [0.25, 0.3) is 6.08 Å². The van der Waals surface area contributed by atoms with Gasteiger partial charge in [-0.3, -0.25) is 4.79 Å². The summed E-state index contributed by atoms with van der Waals surface area (Å²) in [5.41, 5.74) is 5.22. The van der Waals surface area contributed by atoms with Crippen LogP contribution in [-0.2, 0) is 14.8 Å². The van der Waals surface area contributed by atoms with Gasteiger partial charge in [-0.2, -0.15) is 14.7 Å². The molecule has 8 nitrogen and oxygen atoms in total. The maximum Gasteiger partial charge on any atom is 0.282 e. The maximum absolute atomic E-state index is 12.8. The number of carbonyl (C=O) groups excluding carboxylic acids is 1. The molecule has 2 aromatic carbocycles. The Kier molecular flexibility index (Phi) is 8.21. The van der Waals surface area contributed by atoms with E-state index in [2.05, 4.69) is 10.5 Å². The SMILES string of the molecule is C/C(=N\NC(=O)/C(C#N)=C/c1ccc(N(C)C)cc1)c1ccc(S(=O)(=O)N2CCCCC2)cc1. The average molecular weight is 480 g/mol. The second kappa shape index (κ2) is 11.1. The lowest BCUT2D eigenvalue weighted by Crippen LogP contribution is -2.35. The Hall–Kier alpha value is -3.48. The van der Waals surface area contributed by atoms with E-state index < -0.39 is 15.9 Å². The van der Waals surface area contributed by atoms with Crippen LogP contribution < -0.4 is 10.3 Å². The van der Waals surface area contributed by atoms with E-state index in [9.17, 15) is 18.5 Å². The largest absolute Gasteiger partial charge is 0.378 e. The number of nitrogens with zero attached hydrogens (tertiary/aromatic N) is 4. The highest BCUT2D eigenvalue weighted by atomic mass is 32.2. The molecule has 1 amide bonds. The molecule has 3 rings (SSSR count). The number of benzene rings is 2. The fourth-order valence-corrected chi connectivity index (χ4v) is 5.08. The molecule has 1 saturated heterocycles. The molecule has 1 fully saturated rings. The average Bonchev–Trinajstić information content (AvgIpc) is 2.86. The fraction of sp³-hybridized carbons (Fsp3) is 0.320. The van der Waals surface area contributed by atoms with Gasteiger partial charge in [0.2, 0.25) is 10.0 Å². The molecule has 1 aliphatic rings. The molecule has 0 atom stereocenters. The van der Waals surface area contributed by atoms with Crippen LogP contribution in [0.3, 0.4) is 0 Å². The zero-order valence-electron chi connectivity index (χ0n) is 19.7. The van der Waals surface area contributed by atoms with Crippen molar-refractivity contribution < 1.29 is 13.2 Å². The van der Waals surface area contributed by atoms with E-state index in [1.165, 1.54) is 10.4 Å². The zero-order valence-corrected chi connectivity index (χ0v) is 20.5. The van der Waals surface area contributed by atoms with Crippen molar-refractivity contribution in [1.29, 1.82) is 5.26 Å². The van der Waals surface area contributed by atoms with Gasteiger partial charge in [0.05, 0.1) is 10.6 Å². The Labute approximate surface area is 201 Å². The lowest BCUT2D eigenvalue weighted by atomic mass is 10.1. The van der Waals surface area contributed by atoms with Crippen molar-refractivity contribution in [2.75, 3.05) is 32.1 Å². The van der Waals surface area contributed by atoms with Gasteiger partial charge in [0.1, 0.15) is 11.6 Å². The second-order valence-corrected chi connectivity index (χ2v) is 10.2. The van der Waals surface area contributed by atoms with E-state index in [1.54, 1.807) is 31.2 Å². The first-order chi connectivity index (χ1) is 16.2. The molecule has 0 radical (unpaired) electrons. The van der Waals surface area contributed by atoms with Gasteiger partial charge in [-0.05, 0) is 61.2 Å². The molecule has 1 aliphatic heterocycles. The van der Waals surface area contributed by atoms with Gasteiger partial charge in [0.15, 0.2) is 0 Å². The summed E-state index contributed by atoms with van der Waals surface area (Å²) in [6.45, 7) is 2.79. The van der Waals surface area contributed by atoms with Crippen molar-refractivity contribution in [2.45, 2.75) is 31.1 Å². The smallest absolute Gasteiger partial charge is 0.282 e. The van der Waals surface area contributed by atoms with Crippen LogP contribution in [0.5, 0.6) is 0 Å². The number of hydrogen-bond donors (Lipinski definition) is 1. The summed E-state index contributed by atoms with van der Waals surface area (Å²) >= 11 is 0. The van der Waals surface area contributed by atoms with Gasteiger partial charge >= 0.3 is 0 Å². The van der Waals surface area contributed by atoms with E-state index >= 15 is 0 Å².